The van der Waals surface area contributed by atoms with Crippen molar-refractivity contribution in [1.82, 2.24) is 16.0 Å². The zero-order chi connectivity index (χ0) is 30.4. The Morgan fingerprint density at radius 1 is 0.659 bits per heavy atom. The van der Waals surface area contributed by atoms with Crippen LogP contribution >= 0.6 is 0 Å². The molecule has 0 aliphatic heterocycles. The van der Waals surface area contributed by atoms with Crippen LogP contribution in [0.4, 0.5) is 4.79 Å². The molecular weight excluding hydrogens is 526 g/mol. The lowest BCUT2D eigenvalue weighted by molar-refractivity contribution is -0.153. The Bertz CT molecular complexity index is 1150. The molecule has 3 atom stereocenters. The fourth-order valence-electron chi connectivity index (χ4n) is 4.16. The average Bonchev–Trinajstić information content (AvgIpc) is 2.94. The highest BCUT2D eigenvalue weighted by atomic mass is 16.5. The summed E-state index contributed by atoms with van der Waals surface area (Å²) in [6, 6.07) is 14.9. The van der Waals surface area contributed by atoms with E-state index in [1.165, 1.54) is 0 Å². The van der Waals surface area contributed by atoms with E-state index in [1.54, 1.807) is 24.3 Å². The third-order valence-corrected chi connectivity index (χ3v) is 6.17. The fraction of sp³-hybridized carbons (Fsp3) is 0.452. The van der Waals surface area contributed by atoms with Gasteiger partial charge in [0, 0.05) is 6.42 Å². The Morgan fingerprint density at radius 2 is 1.12 bits per heavy atom. The summed E-state index contributed by atoms with van der Waals surface area (Å²) in [6.45, 7) is 7.62. The van der Waals surface area contributed by atoms with Gasteiger partial charge in [-0.05, 0) is 35.8 Å². The molecule has 0 spiro atoms. The Kier molecular flexibility index (Phi) is 13.5. The van der Waals surface area contributed by atoms with Crippen LogP contribution in [0.15, 0.2) is 60.7 Å². The third-order valence-electron chi connectivity index (χ3n) is 6.17. The van der Waals surface area contributed by atoms with Crippen molar-refractivity contribution in [3.8, 4) is 0 Å². The van der Waals surface area contributed by atoms with E-state index >= 15 is 0 Å². The first-order valence-corrected chi connectivity index (χ1v) is 13.7. The summed E-state index contributed by atoms with van der Waals surface area (Å²) in [6.07, 6.45) is -0.131. The van der Waals surface area contributed by atoms with Gasteiger partial charge in [0.15, 0.2) is 0 Å². The standard InChI is InChI=1S/C31H41N3O7/c1-20(2)16-25(28(36)32-24(27(35)30(38)40-5)18-22-12-8-6-9-13-22)33-29(37)26(17-21(3)4)34-31(39)41-19-23-14-10-7-11-15-23/h6-15,20-21,24-26H,16-19H2,1-5H3,(H,32,36)(H,33,37)(H,34,39). The van der Waals surface area contributed by atoms with Crippen LogP contribution in [0, 0.1) is 11.8 Å². The molecule has 0 aliphatic carbocycles. The van der Waals surface area contributed by atoms with E-state index in [4.69, 9.17) is 4.74 Å². The monoisotopic (exact) mass is 567 g/mol. The molecule has 0 aromatic heterocycles. The summed E-state index contributed by atoms with van der Waals surface area (Å²) >= 11 is 0. The summed E-state index contributed by atoms with van der Waals surface area (Å²) < 4.78 is 9.88. The molecule has 10 nitrogen and oxygen atoms in total. The van der Waals surface area contributed by atoms with Gasteiger partial charge in [-0.2, -0.15) is 0 Å². The number of methoxy groups -OCH3 is 1. The normalized spacial score (nSPS) is 13.0. The summed E-state index contributed by atoms with van der Waals surface area (Å²) in [5.74, 6) is -3.12. The van der Waals surface area contributed by atoms with Crippen molar-refractivity contribution in [3.63, 3.8) is 0 Å². The van der Waals surface area contributed by atoms with Crippen molar-refractivity contribution in [2.75, 3.05) is 7.11 Å². The average molecular weight is 568 g/mol. The second kappa shape index (κ2) is 16.8. The maximum atomic E-state index is 13.4. The zero-order valence-corrected chi connectivity index (χ0v) is 24.3. The molecule has 3 unspecified atom stereocenters. The molecule has 0 saturated carbocycles. The van der Waals surface area contributed by atoms with Crippen molar-refractivity contribution in [1.29, 1.82) is 0 Å². The molecule has 3 amide bonds. The number of hydrogen-bond acceptors (Lipinski definition) is 7. The number of amides is 3. The minimum atomic E-state index is -1.19. The molecule has 0 bridgehead atoms. The van der Waals surface area contributed by atoms with Gasteiger partial charge < -0.3 is 25.4 Å². The van der Waals surface area contributed by atoms with Crippen molar-refractivity contribution in [2.24, 2.45) is 11.8 Å². The number of carbonyl (C=O) groups is 5. The van der Waals surface area contributed by atoms with Gasteiger partial charge in [0.2, 0.25) is 11.8 Å². The second-order valence-corrected chi connectivity index (χ2v) is 10.7. The first-order chi connectivity index (χ1) is 19.5. The van der Waals surface area contributed by atoms with E-state index in [9.17, 15) is 24.0 Å². The van der Waals surface area contributed by atoms with E-state index in [0.29, 0.717) is 6.42 Å². The molecule has 0 aliphatic rings. The van der Waals surface area contributed by atoms with E-state index in [0.717, 1.165) is 18.2 Å². The highest BCUT2D eigenvalue weighted by Crippen LogP contribution is 2.11. The number of carbonyl (C=O) groups excluding carboxylic acids is 5. The lowest BCUT2D eigenvalue weighted by Crippen LogP contribution is -2.57. The first-order valence-electron chi connectivity index (χ1n) is 13.7. The summed E-state index contributed by atoms with van der Waals surface area (Å²) in [5.41, 5.74) is 1.53. The van der Waals surface area contributed by atoms with Gasteiger partial charge in [-0.15, -0.1) is 0 Å². The third kappa shape index (κ3) is 11.8. The van der Waals surface area contributed by atoms with Crippen LogP contribution in [-0.4, -0.2) is 54.9 Å². The lowest BCUT2D eigenvalue weighted by atomic mass is 9.98. The molecule has 2 aromatic rings. The number of ether oxygens (including phenoxy) is 2. The van der Waals surface area contributed by atoms with Gasteiger partial charge in [-0.3, -0.25) is 14.4 Å². The number of rotatable bonds is 15. The zero-order valence-electron chi connectivity index (χ0n) is 24.3. The molecule has 0 heterocycles. The largest absolute Gasteiger partial charge is 0.463 e. The highest BCUT2D eigenvalue weighted by Gasteiger charge is 2.33. The predicted octanol–water partition coefficient (Wildman–Crippen LogP) is 3.33. The minimum absolute atomic E-state index is 0.00211. The van der Waals surface area contributed by atoms with Gasteiger partial charge in [0.25, 0.3) is 5.78 Å². The smallest absolute Gasteiger partial charge is 0.408 e. The maximum Gasteiger partial charge on any atom is 0.408 e. The Hall–Kier alpha value is -4.21. The molecular formula is C31H41N3O7. The van der Waals surface area contributed by atoms with Gasteiger partial charge in [0.1, 0.15) is 24.7 Å². The van der Waals surface area contributed by atoms with Crippen molar-refractivity contribution < 1.29 is 33.4 Å². The van der Waals surface area contributed by atoms with Crippen LogP contribution < -0.4 is 16.0 Å². The summed E-state index contributed by atoms with van der Waals surface area (Å²) in [4.78, 5) is 64.1. The van der Waals surface area contributed by atoms with Gasteiger partial charge >= 0.3 is 12.1 Å². The Morgan fingerprint density at radius 3 is 1.61 bits per heavy atom. The van der Waals surface area contributed by atoms with Crippen LogP contribution in [0.3, 0.4) is 0 Å². The summed E-state index contributed by atoms with van der Waals surface area (Å²) in [7, 11) is 1.09. The maximum absolute atomic E-state index is 13.4. The molecule has 0 radical (unpaired) electrons. The summed E-state index contributed by atoms with van der Waals surface area (Å²) in [5, 5.41) is 7.98. The van der Waals surface area contributed by atoms with Crippen LogP contribution in [0.1, 0.15) is 51.7 Å². The second-order valence-electron chi connectivity index (χ2n) is 10.7. The molecule has 2 aromatic carbocycles. The Labute approximate surface area is 241 Å². The molecule has 3 N–H and O–H groups in total. The topological polar surface area (TPSA) is 140 Å². The molecule has 0 fully saturated rings. The number of hydrogen-bond donors (Lipinski definition) is 3. The van der Waals surface area contributed by atoms with E-state index in [-0.39, 0.29) is 31.3 Å². The number of nitrogens with one attached hydrogen (secondary N) is 3. The number of esters is 1. The number of benzene rings is 2. The van der Waals surface area contributed by atoms with Crippen molar-refractivity contribution in [2.45, 2.75) is 71.7 Å². The van der Waals surface area contributed by atoms with Crippen LogP contribution in [0.25, 0.3) is 0 Å². The lowest BCUT2D eigenvalue weighted by Gasteiger charge is -2.26. The number of Topliss-reactive ketones (excluding diaryl/α,β-unsaturated/α-hetero) is 1. The number of alkyl carbamates (subject to hydrolysis) is 1. The quantitative estimate of drug-likeness (QED) is 0.222. The molecule has 0 saturated heterocycles. The van der Waals surface area contributed by atoms with Crippen LogP contribution in [0.2, 0.25) is 0 Å². The first kappa shape index (κ1) is 33.0. The van der Waals surface area contributed by atoms with Crippen LogP contribution in [0.5, 0.6) is 0 Å². The van der Waals surface area contributed by atoms with E-state index < -0.39 is 47.8 Å². The van der Waals surface area contributed by atoms with Crippen molar-refractivity contribution >= 4 is 29.7 Å². The molecule has 2 rings (SSSR count). The van der Waals surface area contributed by atoms with Crippen LogP contribution in [-0.2, 0) is 41.7 Å². The highest BCUT2D eigenvalue weighted by molar-refractivity contribution is 6.36. The minimum Gasteiger partial charge on any atom is -0.463 e. The SMILES string of the molecule is COC(=O)C(=O)C(Cc1ccccc1)NC(=O)C(CC(C)C)NC(=O)C(CC(C)C)NC(=O)OCc1ccccc1. The van der Waals surface area contributed by atoms with Gasteiger partial charge in [-0.1, -0.05) is 88.4 Å². The Balaban J connectivity index is 2.16. The molecule has 222 valence electrons. The van der Waals surface area contributed by atoms with E-state index in [1.807, 2.05) is 64.1 Å². The predicted molar refractivity (Wildman–Crippen MR) is 153 cm³/mol. The van der Waals surface area contributed by atoms with Gasteiger partial charge in [-0.25, -0.2) is 9.59 Å². The fourth-order valence-corrected chi connectivity index (χ4v) is 4.16. The molecule has 10 heteroatoms. The van der Waals surface area contributed by atoms with E-state index in [2.05, 4.69) is 20.7 Å². The molecule has 41 heavy (non-hydrogen) atoms. The van der Waals surface area contributed by atoms with Gasteiger partial charge in [0.05, 0.1) is 7.11 Å². The van der Waals surface area contributed by atoms with Crippen molar-refractivity contribution in [3.05, 3.63) is 71.8 Å². The number of ketones is 1.